The lowest BCUT2D eigenvalue weighted by Crippen LogP contribution is -2.09. The average Bonchev–Trinajstić information content (AvgIpc) is 2.77. The third-order valence-electron chi connectivity index (χ3n) is 2.22. The van der Waals surface area contributed by atoms with E-state index in [-0.39, 0.29) is 12.2 Å². The number of carboxylic acid groups (broad SMARTS) is 1. The largest absolute Gasteiger partial charge is 0.494 e. The number of benzene rings is 1. The van der Waals surface area contributed by atoms with Crippen molar-refractivity contribution >= 4 is 5.97 Å². The van der Waals surface area contributed by atoms with Gasteiger partial charge in [0.05, 0.1) is 12.3 Å². The van der Waals surface area contributed by atoms with Gasteiger partial charge in [-0.1, -0.05) is 6.07 Å². The van der Waals surface area contributed by atoms with E-state index in [0.717, 1.165) is 0 Å². The normalized spacial score (nSPS) is 10.3. The summed E-state index contributed by atoms with van der Waals surface area (Å²) in [7, 11) is 0. The van der Waals surface area contributed by atoms with Gasteiger partial charge in [-0.3, -0.25) is 4.79 Å². The Balaban J connectivity index is 2.33. The molecule has 0 radical (unpaired) electrons. The van der Waals surface area contributed by atoms with Crippen LogP contribution in [0.2, 0.25) is 0 Å². The first-order valence-corrected chi connectivity index (χ1v) is 5.43. The summed E-state index contributed by atoms with van der Waals surface area (Å²) < 4.78 is 6.75. The number of hydrogen-bond donors (Lipinski definition) is 1. The molecule has 0 amide bonds. The van der Waals surface area contributed by atoms with Crippen molar-refractivity contribution in [1.29, 1.82) is 0 Å². The minimum absolute atomic E-state index is 0.230. The van der Waals surface area contributed by atoms with Crippen LogP contribution < -0.4 is 4.74 Å². The molecule has 0 spiro atoms. The number of rotatable bonds is 5. The van der Waals surface area contributed by atoms with Gasteiger partial charge in [-0.25, -0.2) is 0 Å². The van der Waals surface area contributed by atoms with Gasteiger partial charge in [0, 0.05) is 6.07 Å². The molecule has 0 saturated carbocycles. The standard InChI is InChI=1S/C11H12N4O3/c1-2-18-9-5-3-4-8(6-9)15-10(7-11(16)17)12-13-14-15/h3-6H,2,7H2,1H3,(H,16,17). The molecule has 0 bridgehead atoms. The minimum Gasteiger partial charge on any atom is -0.494 e. The van der Waals surface area contributed by atoms with Gasteiger partial charge < -0.3 is 9.84 Å². The van der Waals surface area contributed by atoms with E-state index in [1.807, 2.05) is 13.0 Å². The lowest BCUT2D eigenvalue weighted by molar-refractivity contribution is -0.136. The van der Waals surface area contributed by atoms with Crippen LogP contribution >= 0.6 is 0 Å². The van der Waals surface area contributed by atoms with Crippen LogP contribution in [0, 0.1) is 0 Å². The summed E-state index contributed by atoms with van der Waals surface area (Å²) in [6, 6.07) is 7.15. The first-order chi connectivity index (χ1) is 8.70. The molecule has 18 heavy (non-hydrogen) atoms. The van der Waals surface area contributed by atoms with E-state index in [9.17, 15) is 4.79 Å². The molecule has 0 aliphatic rings. The van der Waals surface area contributed by atoms with Crippen molar-refractivity contribution in [2.75, 3.05) is 6.61 Å². The predicted octanol–water partition coefficient (Wildman–Crippen LogP) is 0.688. The summed E-state index contributed by atoms with van der Waals surface area (Å²) in [5, 5.41) is 19.7. The molecule has 0 atom stereocenters. The second-order valence-corrected chi connectivity index (χ2v) is 3.51. The van der Waals surface area contributed by atoms with E-state index >= 15 is 0 Å². The van der Waals surface area contributed by atoms with Gasteiger partial charge in [-0.15, -0.1) is 5.10 Å². The number of ether oxygens (including phenoxy) is 1. The Hall–Kier alpha value is -2.44. The molecule has 2 rings (SSSR count). The lowest BCUT2D eigenvalue weighted by atomic mass is 10.3. The summed E-state index contributed by atoms with van der Waals surface area (Å²) in [6.45, 7) is 2.45. The maximum Gasteiger partial charge on any atom is 0.311 e. The summed E-state index contributed by atoms with van der Waals surface area (Å²) >= 11 is 0. The Kier molecular flexibility index (Phi) is 3.52. The average molecular weight is 248 g/mol. The Morgan fingerprint density at radius 3 is 3.06 bits per heavy atom. The van der Waals surface area contributed by atoms with Gasteiger partial charge in [0.25, 0.3) is 0 Å². The summed E-state index contributed by atoms with van der Waals surface area (Å²) in [5.41, 5.74) is 0.669. The number of aromatic nitrogens is 4. The van der Waals surface area contributed by atoms with Crippen molar-refractivity contribution in [1.82, 2.24) is 20.2 Å². The smallest absolute Gasteiger partial charge is 0.311 e. The Morgan fingerprint density at radius 1 is 1.50 bits per heavy atom. The Bertz CT molecular complexity index is 553. The van der Waals surface area contributed by atoms with Gasteiger partial charge in [0.2, 0.25) is 0 Å². The Labute approximate surface area is 103 Å². The number of hydrogen-bond acceptors (Lipinski definition) is 5. The molecular formula is C11H12N4O3. The number of tetrazole rings is 1. The Morgan fingerprint density at radius 2 is 2.33 bits per heavy atom. The summed E-state index contributed by atoms with van der Waals surface area (Å²) in [4.78, 5) is 10.7. The van der Waals surface area contributed by atoms with Crippen molar-refractivity contribution in [2.45, 2.75) is 13.3 Å². The molecule has 0 saturated heterocycles. The van der Waals surface area contributed by atoms with Crippen molar-refractivity contribution in [3.05, 3.63) is 30.1 Å². The first kappa shape index (κ1) is 12.0. The molecule has 7 nitrogen and oxygen atoms in total. The predicted molar refractivity (Wildman–Crippen MR) is 61.7 cm³/mol. The molecule has 0 aliphatic heterocycles. The monoisotopic (exact) mass is 248 g/mol. The van der Waals surface area contributed by atoms with Crippen molar-refractivity contribution in [2.24, 2.45) is 0 Å². The second kappa shape index (κ2) is 5.26. The fourth-order valence-corrected chi connectivity index (χ4v) is 1.52. The van der Waals surface area contributed by atoms with Crippen LogP contribution in [-0.2, 0) is 11.2 Å². The highest BCUT2D eigenvalue weighted by Gasteiger charge is 2.12. The molecular weight excluding hydrogens is 236 g/mol. The molecule has 94 valence electrons. The molecule has 1 N–H and O–H groups in total. The van der Waals surface area contributed by atoms with Gasteiger partial charge in [0.15, 0.2) is 5.82 Å². The fourth-order valence-electron chi connectivity index (χ4n) is 1.52. The molecule has 7 heteroatoms. The quantitative estimate of drug-likeness (QED) is 0.837. The molecule has 1 aromatic heterocycles. The maximum absolute atomic E-state index is 10.7. The summed E-state index contributed by atoms with van der Waals surface area (Å²) in [6.07, 6.45) is -0.230. The van der Waals surface area contributed by atoms with E-state index < -0.39 is 5.97 Å². The molecule has 1 heterocycles. The number of aliphatic carboxylic acids is 1. The summed E-state index contributed by atoms with van der Waals surface area (Å²) in [5.74, 6) is -0.0186. The van der Waals surface area contributed by atoms with E-state index in [1.54, 1.807) is 18.2 Å². The van der Waals surface area contributed by atoms with Crippen LogP contribution in [0.5, 0.6) is 5.75 Å². The third kappa shape index (κ3) is 2.62. The highest BCUT2D eigenvalue weighted by molar-refractivity contribution is 5.69. The van der Waals surface area contributed by atoms with Crippen LogP contribution in [-0.4, -0.2) is 37.9 Å². The van der Waals surface area contributed by atoms with Crippen LogP contribution in [0.25, 0.3) is 5.69 Å². The zero-order chi connectivity index (χ0) is 13.0. The van der Waals surface area contributed by atoms with Gasteiger partial charge >= 0.3 is 5.97 Å². The highest BCUT2D eigenvalue weighted by atomic mass is 16.5. The van der Waals surface area contributed by atoms with E-state index in [0.29, 0.717) is 18.0 Å². The minimum atomic E-state index is -0.980. The lowest BCUT2D eigenvalue weighted by Gasteiger charge is -2.06. The topological polar surface area (TPSA) is 90.1 Å². The van der Waals surface area contributed by atoms with Gasteiger partial charge in [-0.2, -0.15) is 4.68 Å². The number of nitrogens with zero attached hydrogens (tertiary/aromatic N) is 4. The highest BCUT2D eigenvalue weighted by Crippen LogP contribution is 2.16. The van der Waals surface area contributed by atoms with Crippen LogP contribution in [0.15, 0.2) is 24.3 Å². The maximum atomic E-state index is 10.7. The molecule has 2 aromatic rings. The van der Waals surface area contributed by atoms with E-state index in [1.165, 1.54) is 4.68 Å². The molecule has 0 aliphatic carbocycles. The van der Waals surface area contributed by atoms with Crippen LogP contribution in [0.3, 0.4) is 0 Å². The van der Waals surface area contributed by atoms with E-state index in [4.69, 9.17) is 9.84 Å². The fraction of sp³-hybridized carbons (Fsp3) is 0.273. The van der Waals surface area contributed by atoms with Crippen molar-refractivity contribution < 1.29 is 14.6 Å². The third-order valence-corrected chi connectivity index (χ3v) is 2.22. The van der Waals surface area contributed by atoms with Crippen LogP contribution in [0.1, 0.15) is 12.7 Å². The second-order valence-electron chi connectivity index (χ2n) is 3.51. The zero-order valence-electron chi connectivity index (χ0n) is 9.78. The number of carbonyl (C=O) groups is 1. The van der Waals surface area contributed by atoms with Crippen LogP contribution in [0.4, 0.5) is 0 Å². The van der Waals surface area contributed by atoms with E-state index in [2.05, 4.69) is 15.5 Å². The first-order valence-electron chi connectivity index (χ1n) is 5.43. The molecule has 0 unspecified atom stereocenters. The molecule has 0 fully saturated rings. The van der Waals surface area contributed by atoms with Crippen molar-refractivity contribution in [3.63, 3.8) is 0 Å². The van der Waals surface area contributed by atoms with Gasteiger partial charge in [-0.05, 0) is 29.5 Å². The zero-order valence-corrected chi connectivity index (χ0v) is 9.78. The SMILES string of the molecule is CCOc1cccc(-n2nnnc2CC(=O)O)c1. The number of carboxylic acids is 1. The van der Waals surface area contributed by atoms with Crippen molar-refractivity contribution in [3.8, 4) is 11.4 Å². The van der Waals surface area contributed by atoms with Gasteiger partial charge in [0.1, 0.15) is 12.2 Å². The molecule has 1 aromatic carbocycles.